The number of nitrogens with one attached hydrogen (secondary N) is 1. The van der Waals surface area contributed by atoms with Gasteiger partial charge in [-0.3, -0.25) is 5.32 Å². The summed E-state index contributed by atoms with van der Waals surface area (Å²) in [4.78, 5) is 11.7. The molecule has 1 aromatic carbocycles. The van der Waals surface area contributed by atoms with Gasteiger partial charge in [-0.2, -0.15) is 0 Å². The zero-order chi connectivity index (χ0) is 16.0. The van der Waals surface area contributed by atoms with E-state index in [0.29, 0.717) is 24.3 Å². The molecule has 1 rings (SSSR count). The molecule has 5 nitrogen and oxygen atoms in total. The van der Waals surface area contributed by atoms with E-state index < -0.39 is 11.7 Å². The molecule has 0 bridgehead atoms. The lowest BCUT2D eigenvalue weighted by Crippen LogP contribution is -2.27. The molecule has 1 aromatic rings. The zero-order valence-corrected chi connectivity index (χ0v) is 13.4. The lowest BCUT2D eigenvalue weighted by Gasteiger charge is -2.20. The highest BCUT2D eigenvalue weighted by Gasteiger charge is 2.16. The number of benzene rings is 1. The van der Waals surface area contributed by atoms with Gasteiger partial charge >= 0.3 is 6.09 Å². The number of anilines is 1. The number of hydrogen-bond acceptors (Lipinski definition) is 4. The standard InChI is InChI=1S/C16H25NO4/c1-11(18)6-7-12-8-9-13(10-14(12)20-5)17-15(19)21-16(2,3)4/h8-11,18H,6-7H2,1-5H3,(H,17,19). The molecule has 0 saturated heterocycles. The van der Waals surface area contributed by atoms with Crippen molar-refractivity contribution >= 4 is 11.8 Å². The van der Waals surface area contributed by atoms with E-state index in [2.05, 4.69) is 5.32 Å². The van der Waals surface area contributed by atoms with Crippen molar-refractivity contribution in [1.29, 1.82) is 0 Å². The minimum atomic E-state index is -0.536. The molecule has 21 heavy (non-hydrogen) atoms. The quantitative estimate of drug-likeness (QED) is 0.874. The van der Waals surface area contributed by atoms with Crippen molar-refractivity contribution in [1.82, 2.24) is 0 Å². The second-order valence-electron chi connectivity index (χ2n) is 6.04. The summed E-state index contributed by atoms with van der Waals surface area (Å²) in [6.07, 6.45) is 0.526. The highest BCUT2D eigenvalue weighted by atomic mass is 16.6. The minimum absolute atomic E-state index is 0.353. The van der Waals surface area contributed by atoms with Gasteiger partial charge in [0.05, 0.1) is 13.2 Å². The summed E-state index contributed by atoms with van der Waals surface area (Å²) in [7, 11) is 1.58. The zero-order valence-electron chi connectivity index (χ0n) is 13.4. The summed E-state index contributed by atoms with van der Waals surface area (Å²) < 4.78 is 10.5. The summed E-state index contributed by atoms with van der Waals surface area (Å²) in [5, 5.41) is 12.0. The molecule has 118 valence electrons. The third kappa shape index (κ3) is 6.49. The molecular formula is C16H25NO4. The Hall–Kier alpha value is -1.75. The fourth-order valence-corrected chi connectivity index (χ4v) is 1.81. The number of aryl methyl sites for hydroxylation is 1. The fraction of sp³-hybridized carbons (Fsp3) is 0.562. The predicted octanol–water partition coefficient (Wildman–Crippen LogP) is 3.36. The van der Waals surface area contributed by atoms with Crippen LogP contribution in [0.5, 0.6) is 5.75 Å². The Morgan fingerprint density at radius 3 is 2.57 bits per heavy atom. The first-order chi connectivity index (χ1) is 9.71. The third-order valence-corrected chi connectivity index (χ3v) is 2.76. The van der Waals surface area contributed by atoms with Crippen LogP contribution in [0.3, 0.4) is 0 Å². The van der Waals surface area contributed by atoms with E-state index >= 15 is 0 Å². The van der Waals surface area contributed by atoms with E-state index in [1.54, 1.807) is 26.2 Å². The van der Waals surface area contributed by atoms with Crippen molar-refractivity contribution in [3.05, 3.63) is 23.8 Å². The lowest BCUT2D eigenvalue weighted by atomic mass is 10.1. The number of carbonyl (C=O) groups is 1. The average Bonchev–Trinajstić information content (AvgIpc) is 2.34. The fourth-order valence-electron chi connectivity index (χ4n) is 1.81. The van der Waals surface area contributed by atoms with Gasteiger partial charge in [0.1, 0.15) is 11.4 Å². The Kier molecular flexibility index (Phi) is 6.03. The van der Waals surface area contributed by atoms with Crippen LogP contribution < -0.4 is 10.1 Å². The van der Waals surface area contributed by atoms with Gasteiger partial charge < -0.3 is 14.6 Å². The molecule has 0 aliphatic heterocycles. The van der Waals surface area contributed by atoms with E-state index in [9.17, 15) is 9.90 Å². The van der Waals surface area contributed by atoms with Crippen LogP contribution in [0.25, 0.3) is 0 Å². The largest absolute Gasteiger partial charge is 0.496 e. The number of hydrogen-bond donors (Lipinski definition) is 2. The monoisotopic (exact) mass is 295 g/mol. The highest BCUT2D eigenvalue weighted by molar-refractivity contribution is 5.85. The molecule has 1 atom stereocenters. The highest BCUT2D eigenvalue weighted by Crippen LogP contribution is 2.25. The maximum Gasteiger partial charge on any atom is 0.412 e. The van der Waals surface area contributed by atoms with Gasteiger partial charge in [0.15, 0.2) is 0 Å². The van der Waals surface area contributed by atoms with Gasteiger partial charge in [0.2, 0.25) is 0 Å². The number of ether oxygens (including phenoxy) is 2. The van der Waals surface area contributed by atoms with Gasteiger partial charge in [0.25, 0.3) is 0 Å². The first-order valence-corrected chi connectivity index (χ1v) is 7.06. The van der Waals surface area contributed by atoms with E-state index in [0.717, 1.165) is 5.56 Å². The molecule has 0 aliphatic carbocycles. The molecule has 0 spiro atoms. The predicted molar refractivity (Wildman–Crippen MR) is 82.9 cm³/mol. The maximum atomic E-state index is 11.7. The summed E-state index contributed by atoms with van der Waals surface area (Å²) >= 11 is 0. The molecule has 0 saturated carbocycles. The Labute approximate surface area is 126 Å². The number of carbonyl (C=O) groups excluding carboxylic acids is 1. The molecule has 2 N–H and O–H groups in total. The number of methoxy groups -OCH3 is 1. The van der Waals surface area contributed by atoms with Crippen molar-refractivity contribution in [2.45, 2.75) is 52.2 Å². The maximum absolute atomic E-state index is 11.7. The van der Waals surface area contributed by atoms with Gasteiger partial charge in [-0.05, 0) is 52.2 Å². The number of aliphatic hydroxyl groups is 1. The van der Waals surface area contributed by atoms with Crippen LogP contribution >= 0.6 is 0 Å². The smallest absolute Gasteiger partial charge is 0.412 e. The van der Waals surface area contributed by atoms with Crippen LogP contribution in [0, 0.1) is 0 Å². The van der Waals surface area contributed by atoms with Crippen LogP contribution in [0.2, 0.25) is 0 Å². The number of rotatable bonds is 5. The molecule has 0 aromatic heterocycles. The molecular weight excluding hydrogens is 270 g/mol. The summed E-state index contributed by atoms with van der Waals surface area (Å²) in [5.74, 6) is 0.684. The van der Waals surface area contributed by atoms with Crippen LogP contribution in [-0.4, -0.2) is 30.0 Å². The van der Waals surface area contributed by atoms with Gasteiger partial charge in [-0.1, -0.05) is 6.07 Å². The van der Waals surface area contributed by atoms with Crippen molar-refractivity contribution in [3.63, 3.8) is 0 Å². The topological polar surface area (TPSA) is 67.8 Å². The molecule has 0 aliphatic rings. The van der Waals surface area contributed by atoms with Crippen molar-refractivity contribution in [3.8, 4) is 5.75 Å². The molecule has 0 fully saturated rings. The Bertz CT molecular complexity index is 478. The first-order valence-electron chi connectivity index (χ1n) is 7.06. The molecule has 0 radical (unpaired) electrons. The summed E-state index contributed by atoms with van der Waals surface area (Å²) in [6, 6.07) is 5.43. The van der Waals surface area contributed by atoms with Crippen LogP contribution in [0.15, 0.2) is 18.2 Å². The average molecular weight is 295 g/mol. The third-order valence-electron chi connectivity index (χ3n) is 2.76. The van der Waals surface area contributed by atoms with E-state index in [4.69, 9.17) is 9.47 Å². The number of aliphatic hydroxyl groups excluding tert-OH is 1. The van der Waals surface area contributed by atoms with E-state index in [1.807, 2.05) is 26.8 Å². The molecule has 1 amide bonds. The van der Waals surface area contributed by atoms with Crippen LogP contribution in [0.1, 0.15) is 39.7 Å². The Morgan fingerprint density at radius 2 is 2.05 bits per heavy atom. The van der Waals surface area contributed by atoms with E-state index in [-0.39, 0.29) is 6.10 Å². The second-order valence-corrected chi connectivity index (χ2v) is 6.04. The summed E-state index contributed by atoms with van der Waals surface area (Å²) in [5.41, 5.74) is 1.07. The second kappa shape index (κ2) is 7.31. The van der Waals surface area contributed by atoms with Crippen molar-refractivity contribution in [2.75, 3.05) is 12.4 Å². The molecule has 1 unspecified atom stereocenters. The van der Waals surface area contributed by atoms with Crippen LogP contribution in [0.4, 0.5) is 10.5 Å². The van der Waals surface area contributed by atoms with Gasteiger partial charge in [0, 0.05) is 11.8 Å². The van der Waals surface area contributed by atoms with Crippen molar-refractivity contribution in [2.24, 2.45) is 0 Å². The minimum Gasteiger partial charge on any atom is -0.496 e. The summed E-state index contributed by atoms with van der Waals surface area (Å²) in [6.45, 7) is 7.19. The van der Waals surface area contributed by atoms with Crippen LogP contribution in [-0.2, 0) is 11.2 Å². The van der Waals surface area contributed by atoms with Crippen molar-refractivity contribution < 1.29 is 19.4 Å². The lowest BCUT2D eigenvalue weighted by molar-refractivity contribution is 0.0636. The SMILES string of the molecule is COc1cc(NC(=O)OC(C)(C)C)ccc1CCC(C)O. The van der Waals surface area contributed by atoms with Gasteiger partial charge in [-0.25, -0.2) is 4.79 Å². The normalized spacial score (nSPS) is 12.7. The number of amides is 1. The molecule has 0 heterocycles. The Morgan fingerprint density at radius 1 is 1.38 bits per heavy atom. The van der Waals surface area contributed by atoms with Gasteiger partial charge in [-0.15, -0.1) is 0 Å². The van der Waals surface area contributed by atoms with E-state index in [1.165, 1.54) is 0 Å². The first kappa shape index (κ1) is 17.3. The molecule has 5 heteroatoms. The Balaban J connectivity index is 2.75.